The van der Waals surface area contributed by atoms with E-state index in [2.05, 4.69) is 28.5 Å². The van der Waals surface area contributed by atoms with E-state index in [0.29, 0.717) is 39.3 Å². The molecule has 2 saturated heterocycles. The second-order valence-electron chi connectivity index (χ2n) is 9.74. The fraction of sp³-hybridized carbons (Fsp3) is 1.00. The summed E-state index contributed by atoms with van der Waals surface area (Å²) in [5, 5.41) is 7.11. The standard InChI is InChI=1S/C16H34Cl4N10O4P6/c17-35-23-36(18,32-14-5-13-31-35)26-39(25-35)21-7-3-11-29(39)9-1-2-10-30-12-4-8-22-40(30)27-37(19)24-38(20,28-40)34-16-6-15-33-37/h21-22H,1-16H2. The summed E-state index contributed by atoms with van der Waals surface area (Å²) in [4.78, 5) is 0. The summed E-state index contributed by atoms with van der Waals surface area (Å²) in [7, 11) is -5.20. The molecule has 6 heterocycles. The van der Waals surface area contributed by atoms with Gasteiger partial charge in [0.05, 0.1) is 26.4 Å². The number of fused-ring (bicyclic) bond motifs is 2. The minimum atomic E-state index is -2.96. The summed E-state index contributed by atoms with van der Waals surface area (Å²) in [5.74, 6) is 0. The Morgan fingerprint density at radius 1 is 0.525 bits per heavy atom. The maximum atomic E-state index is 6.84. The molecular weight excluding hydrogens is 724 g/mol. The Labute approximate surface area is 254 Å². The van der Waals surface area contributed by atoms with Crippen LogP contribution in [0, 0.1) is 0 Å². The topological polar surface area (TPSA) is 142 Å². The highest BCUT2D eigenvalue weighted by molar-refractivity contribution is 8.01. The summed E-state index contributed by atoms with van der Waals surface area (Å²) < 4.78 is 57.2. The molecule has 6 atom stereocenters. The molecule has 0 aromatic heterocycles. The van der Waals surface area contributed by atoms with Crippen LogP contribution in [0.1, 0.15) is 38.5 Å². The highest BCUT2D eigenvalue weighted by Crippen LogP contribution is 2.84. The molecular formula is C16H34Cl4N10O4P6. The van der Waals surface area contributed by atoms with Gasteiger partial charge in [-0.05, 0) is 83.5 Å². The summed E-state index contributed by atoms with van der Waals surface area (Å²) >= 11 is 27.3. The SMILES string of the molecule is ClP12=NP(Cl)(=NP3(=N1)NCCCN3CCCCN1CCCNP13=NP1(Cl)=NP(Cl)(=N3)OCCCO1)OCCCO2. The van der Waals surface area contributed by atoms with Crippen LogP contribution in [0.25, 0.3) is 0 Å². The molecule has 0 radical (unpaired) electrons. The van der Waals surface area contributed by atoms with Crippen molar-refractivity contribution in [2.24, 2.45) is 27.1 Å². The van der Waals surface area contributed by atoms with Gasteiger partial charge < -0.3 is 18.1 Å². The minimum Gasteiger partial charge on any atom is -0.316 e. The minimum absolute atomic E-state index is 0.438. The fourth-order valence-corrected chi connectivity index (χ4v) is 31.9. The number of hydrogen-bond donors (Lipinski definition) is 2. The highest BCUT2D eigenvalue weighted by atomic mass is 35.7. The molecule has 0 aromatic rings. The number of nitrogens with zero attached hydrogens (tertiary/aromatic N) is 8. The molecule has 0 aromatic carbocycles. The van der Waals surface area contributed by atoms with Gasteiger partial charge in [0.2, 0.25) is 15.0 Å². The predicted molar refractivity (Wildman–Crippen MR) is 170 cm³/mol. The summed E-state index contributed by atoms with van der Waals surface area (Å²) in [6.07, 6.45) is 5.11. The van der Waals surface area contributed by atoms with E-state index in [0.717, 1.165) is 65.0 Å². The van der Waals surface area contributed by atoms with E-state index in [1.54, 1.807) is 0 Å². The second-order valence-corrected chi connectivity index (χ2v) is 28.2. The van der Waals surface area contributed by atoms with Crippen LogP contribution in [0.15, 0.2) is 27.1 Å². The Hall–Kier alpha value is 2.22. The number of hydrogen-bond acceptors (Lipinski definition) is 14. The molecule has 2 fully saturated rings. The van der Waals surface area contributed by atoms with Crippen LogP contribution in [0.2, 0.25) is 0 Å². The number of halogens is 4. The Balaban J connectivity index is 1.19. The maximum Gasteiger partial charge on any atom is 0.300 e. The van der Waals surface area contributed by atoms with E-state index in [9.17, 15) is 0 Å². The monoisotopic (exact) mass is 756 g/mol. The van der Waals surface area contributed by atoms with Gasteiger partial charge in [-0.25, -0.2) is 9.34 Å². The van der Waals surface area contributed by atoms with Gasteiger partial charge in [0.1, 0.15) is 0 Å². The molecule has 6 aliphatic rings. The Kier molecular flexibility index (Phi) is 10.3. The van der Waals surface area contributed by atoms with Crippen molar-refractivity contribution in [3.63, 3.8) is 0 Å². The van der Waals surface area contributed by atoms with Crippen LogP contribution in [0.4, 0.5) is 0 Å². The molecule has 0 saturated carbocycles. The third-order valence-electron chi connectivity index (χ3n) is 6.69. The zero-order valence-electron chi connectivity index (χ0n) is 21.7. The molecule has 6 rings (SSSR count). The van der Waals surface area contributed by atoms with Gasteiger partial charge in [-0.3, -0.25) is 10.2 Å². The van der Waals surface area contributed by atoms with Crippen molar-refractivity contribution in [3.8, 4) is 0 Å². The molecule has 2 spiro atoms. The van der Waals surface area contributed by atoms with Crippen LogP contribution in [-0.4, -0.2) is 75.0 Å². The van der Waals surface area contributed by atoms with Gasteiger partial charge >= 0.3 is 27.1 Å². The van der Waals surface area contributed by atoms with Crippen molar-refractivity contribution in [1.29, 1.82) is 0 Å². The average molecular weight is 758 g/mol. The van der Waals surface area contributed by atoms with Crippen molar-refractivity contribution in [3.05, 3.63) is 0 Å². The third kappa shape index (κ3) is 7.12. The van der Waals surface area contributed by atoms with E-state index in [4.69, 9.17) is 81.1 Å². The van der Waals surface area contributed by atoms with Gasteiger partial charge in [0.25, 0.3) is 0 Å². The molecule has 14 nitrogen and oxygen atoms in total. The smallest absolute Gasteiger partial charge is 0.300 e. The van der Waals surface area contributed by atoms with E-state index >= 15 is 0 Å². The first-order valence-electron chi connectivity index (χ1n) is 13.3. The lowest BCUT2D eigenvalue weighted by Crippen LogP contribution is -2.37. The number of nitrogens with one attached hydrogen (secondary N) is 2. The first-order valence-corrected chi connectivity index (χ1v) is 26.6. The maximum absolute atomic E-state index is 6.84. The van der Waals surface area contributed by atoms with Crippen LogP contribution in [-0.2, 0) is 18.1 Å². The van der Waals surface area contributed by atoms with Crippen LogP contribution < -0.4 is 10.2 Å². The van der Waals surface area contributed by atoms with E-state index < -0.39 is 42.2 Å². The van der Waals surface area contributed by atoms with Gasteiger partial charge in [-0.2, -0.15) is 27.1 Å². The van der Waals surface area contributed by atoms with Crippen molar-refractivity contribution in [1.82, 2.24) is 19.5 Å². The molecule has 0 amide bonds. The first kappa shape index (κ1) is 32.2. The van der Waals surface area contributed by atoms with Gasteiger partial charge in [0, 0.05) is 39.3 Å². The summed E-state index contributed by atoms with van der Waals surface area (Å²) in [5.41, 5.74) is 0. The second kappa shape index (κ2) is 12.8. The zero-order chi connectivity index (χ0) is 28.0. The molecule has 2 N–H and O–H groups in total. The highest BCUT2D eigenvalue weighted by Gasteiger charge is 2.44. The zero-order valence-corrected chi connectivity index (χ0v) is 30.1. The van der Waals surface area contributed by atoms with Crippen LogP contribution in [0.3, 0.4) is 0 Å². The molecule has 6 unspecified atom stereocenters. The Morgan fingerprint density at radius 2 is 0.900 bits per heavy atom. The quantitative estimate of drug-likeness (QED) is 0.209. The molecule has 24 heteroatoms. The lowest BCUT2D eigenvalue weighted by atomic mass is 10.3. The Bertz CT molecular complexity index is 1240. The molecule has 0 aliphatic carbocycles. The Morgan fingerprint density at radius 3 is 1.30 bits per heavy atom. The van der Waals surface area contributed by atoms with E-state index in [1.165, 1.54) is 0 Å². The number of unbranched alkanes of at least 4 members (excludes halogenated alkanes) is 1. The lowest BCUT2D eigenvalue weighted by molar-refractivity contribution is 0.270. The van der Waals surface area contributed by atoms with Gasteiger partial charge in [-0.15, -0.1) is 0 Å². The van der Waals surface area contributed by atoms with E-state index in [-0.39, 0.29) is 0 Å². The molecule has 40 heavy (non-hydrogen) atoms. The summed E-state index contributed by atoms with van der Waals surface area (Å²) in [6.45, 7) is -5.31. The first-order chi connectivity index (χ1) is 19.1. The normalized spacial score (nSPS) is 46.2. The lowest BCUT2D eigenvalue weighted by Gasteiger charge is -2.42. The number of rotatable bonds is 5. The largest absolute Gasteiger partial charge is 0.316 e. The third-order valence-corrected chi connectivity index (χ3v) is 29.5. The van der Waals surface area contributed by atoms with Crippen LogP contribution in [0.5, 0.6) is 0 Å². The fourth-order valence-electron chi connectivity index (χ4n) is 4.95. The molecule has 4 bridgehead atoms. The van der Waals surface area contributed by atoms with Crippen molar-refractivity contribution in [2.75, 3.05) is 65.7 Å². The van der Waals surface area contributed by atoms with Gasteiger partial charge in [-0.1, -0.05) is 0 Å². The van der Waals surface area contributed by atoms with Crippen molar-refractivity contribution in [2.45, 2.75) is 38.5 Å². The average Bonchev–Trinajstić information content (AvgIpc) is 2.85. The molecule has 230 valence electrons. The van der Waals surface area contributed by atoms with Crippen LogP contribution >= 0.6 is 87.1 Å². The van der Waals surface area contributed by atoms with Crippen molar-refractivity contribution < 1.29 is 18.1 Å². The van der Waals surface area contributed by atoms with E-state index in [1.807, 2.05) is 0 Å². The van der Waals surface area contributed by atoms with Crippen molar-refractivity contribution >= 4 is 87.1 Å². The predicted octanol–water partition coefficient (Wildman–Crippen LogP) is 9.89. The summed E-state index contributed by atoms with van der Waals surface area (Å²) in [6, 6.07) is 0. The molecule has 6 aliphatic heterocycles. The van der Waals surface area contributed by atoms with Gasteiger partial charge in [0.15, 0.2) is 0 Å².